The molecule has 0 atom stereocenters. The summed E-state index contributed by atoms with van der Waals surface area (Å²) in [7, 11) is 1.68. The fourth-order valence-corrected chi connectivity index (χ4v) is 2.09. The van der Waals surface area contributed by atoms with E-state index in [2.05, 4.69) is 23.2 Å². The molecule has 1 heterocycles. The molecule has 88 valence electrons. The third kappa shape index (κ3) is 1.82. The van der Waals surface area contributed by atoms with E-state index in [9.17, 15) is 0 Å². The summed E-state index contributed by atoms with van der Waals surface area (Å²) in [6.45, 7) is 0. The summed E-state index contributed by atoms with van der Waals surface area (Å²) in [5, 5.41) is 1.04. The van der Waals surface area contributed by atoms with Crippen molar-refractivity contribution in [2.75, 3.05) is 7.11 Å². The number of hydrogen-bond acceptors (Lipinski definition) is 2. The van der Waals surface area contributed by atoms with Crippen molar-refractivity contribution in [2.24, 2.45) is 0 Å². The molecule has 0 saturated carbocycles. The number of aromatic nitrogens is 1. The molecule has 0 unspecified atom stereocenters. The Hall–Kier alpha value is -2.35. The van der Waals surface area contributed by atoms with Crippen LogP contribution in [0.5, 0.6) is 5.75 Å². The predicted molar refractivity (Wildman–Crippen MR) is 73.7 cm³/mol. The maximum absolute atomic E-state index is 5.38. The molecule has 0 saturated heterocycles. The Morgan fingerprint density at radius 3 is 2.50 bits per heavy atom. The van der Waals surface area contributed by atoms with Crippen LogP contribution in [0, 0.1) is 0 Å². The molecule has 0 radical (unpaired) electrons. The number of fused-ring (bicyclic) bond motifs is 1. The Morgan fingerprint density at radius 2 is 1.72 bits per heavy atom. The van der Waals surface area contributed by atoms with Gasteiger partial charge in [0, 0.05) is 17.1 Å². The van der Waals surface area contributed by atoms with Gasteiger partial charge < -0.3 is 4.74 Å². The first-order chi connectivity index (χ1) is 8.88. The Balaban J connectivity index is 2.22. The first kappa shape index (κ1) is 10.8. The molecule has 2 nitrogen and oxygen atoms in total. The van der Waals surface area contributed by atoms with Gasteiger partial charge in [-0.15, -0.1) is 0 Å². The molecule has 18 heavy (non-hydrogen) atoms. The van der Waals surface area contributed by atoms with E-state index in [1.807, 2.05) is 42.6 Å². The zero-order valence-electron chi connectivity index (χ0n) is 10.1. The highest BCUT2D eigenvalue weighted by molar-refractivity contribution is 5.88. The van der Waals surface area contributed by atoms with E-state index in [1.165, 1.54) is 0 Å². The number of methoxy groups -OCH3 is 1. The quantitative estimate of drug-likeness (QED) is 0.671. The summed E-state index contributed by atoms with van der Waals surface area (Å²) in [5.41, 5.74) is 3.22. The van der Waals surface area contributed by atoms with Gasteiger partial charge in [0.2, 0.25) is 0 Å². The van der Waals surface area contributed by atoms with Crippen molar-refractivity contribution in [2.45, 2.75) is 0 Å². The predicted octanol–water partition coefficient (Wildman–Crippen LogP) is 3.91. The van der Waals surface area contributed by atoms with Crippen LogP contribution in [0.25, 0.3) is 22.0 Å². The molecular weight excluding hydrogens is 222 g/mol. The van der Waals surface area contributed by atoms with E-state index in [1.54, 1.807) is 7.11 Å². The first-order valence-electron chi connectivity index (χ1n) is 5.86. The molecule has 3 aromatic rings. The molecule has 3 rings (SSSR count). The minimum atomic E-state index is 0.859. The SMILES string of the molecule is COc1cccc2ncc(-c3ccccc3)cc12. The van der Waals surface area contributed by atoms with E-state index in [4.69, 9.17) is 4.74 Å². The molecule has 1 aromatic heterocycles. The Bertz CT molecular complexity index is 677. The van der Waals surface area contributed by atoms with Gasteiger partial charge in [-0.2, -0.15) is 0 Å². The highest BCUT2D eigenvalue weighted by Crippen LogP contribution is 2.28. The van der Waals surface area contributed by atoms with Gasteiger partial charge in [0.15, 0.2) is 0 Å². The van der Waals surface area contributed by atoms with Crippen LogP contribution in [0.4, 0.5) is 0 Å². The monoisotopic (exact) mass is 235 g/mol. The van der Waals surface area contributed by atoms with Crippen molar-refractivity contribution in [3.63, 3.8) is 0 Å². The molecule has 0 aliphatic carbocycles. The normalized spacial score (nSPS) is 10.5. The lowest BCUT2D eigenvalue weighted by atomic mass is 10.1. The second kappa shape index (κ2) is 4.49. The highest BCUT2D eigenvalue weighted by atomic mass is 16.5. The van der Waals surface area contributed by atoms with E-state index in [0.717, 1.165) is 27.8 Å². The van der Waals surface area contributed by atoms with Crippen molar-refractivity contribution in [1.29, 1.82) is 0 Å². The number of pyridine rings is 1. The number of hydrogen-bond donors (Lipinski definition) is 0. The first-order valence-corrected chi connectivity index (χ1v) is 5.86. The van der Waals surface area contributed by atoms with E-state index < -0.39 is 0 Å². The van der Waals surface area contributed by atoms with Gasteiger partial charge in [-0.05, 0) is 23.8 Å². The second-order valence-electron chi connectivity index (χ2n) is 4.12. The van der Waals surface area contributed by atoms with Crippen LogP contribution in [0.15, 0.2) is 60.8 Å². The van der Waals surface area contributed by atoms with Gasteiger partial charge in [-0.3, -0.25) is 4.98 Å². The van der Waals surface area contributed by atoms with Crippen molar-refractivity contribution >= 4 is 10.9 Å². The Labute approximate surface area is 106 Å². The maximum atomic E-state index is 5.38. The Morgan fingerprint density at radius 1 is 0.889 bits per heavy atom. The summed E-state index contributed by atoms with van der Waals surface area (Å²) < 4.78 is 5.38. The van der Waals surface area contributed by atoms with Crippen LogP contribution in [-0.4, -0.2) is 12.1 Å². The van der Waals surface area contributed by atoms with Gasteiger partial charge >= 0.3 is 0 Å². The fourth-order valence-electron chi connectivity index (χ4n) is 2.09. The van der Waals surface area contributed by atoms with Crippen LogP contribution in [0.3, 0.4) is 0 Å². The van der Waals surface area contributed by atoms with Gasteiger partial charge in [0.05, 0.1) is 12.6 Å². The molecule has 2 aromatic carbocycles. The van der Waals surface area contributed by atoms with E-state index in [0.29, 0.717) is 0 Å². The van der Waals surface area contributed by atoms with Crippen molar-refractivity contribution in [3.05, 3.63) is 60.8 Å². The Kier molecular flexibility index (Phi) is 2.69. The minimum Gasteiger partial charge on any atom is -0.496 e. The summed E-state index contributed by atoms with van der Waals surface area (Å²) in [5.74, 6) is 0.859. The zero-order chi connectivity index (χ0) is 12.4. The minimum absolute atomic E-state index is 0.859. The molecule has 0 fully saturated rings. The largest absolute Gasteiger partial charge is 0.496 e. The highest BCUT2D eigenvalue weighted by Gasteiger charge is 2.04. The molecule has 0 N–H and O–H groups in total. The third-order valence-corrected chi connectivity index (χ3v) is 3.01. The zero-order valence-corrected chi connectivity index (χ0v) is 10.1. The van der Waals surface area contributed by atoms with Crippen LogP contribution in [0.1, 0.15) is 0 Å². The third-order valence-electron chi connectivity index (χ3n) is 3.01. The summed E-state index contributed by atoms with van der Waals surface area (Å²) in [6, 6.07) is 18.3. The van der Waals surface area contributed by atoms with Gasteiger partial charge in [0.25, 0.3) is 0 Å². The number of rotatable bonds is 2. The molecule has 0 spiro atoms. The molecule has 0 amide bonds. The van der Waals surface area contributed by atoms with Gasteiger partial charge in [-0.25, -0.2) is 0 Å². The molecule has 0 aliphatic rings. The summed E-state index contributed by atoms with van der Waals surface area (Å²) >= 11 is 0. The number of ether oxygens (including phenoxy) is 1. The van der Waals surface area contributed by atoms with Crippen LogP contribution < -0.4 is 4.74 Å². The number of benzene rings is 2. The van der Waals surface area contributed by atoms with Crippen LogP contribution >= 0.6 is 0 Å². The van der Waals surface area contributed by atoms with Crippen molar-refractivity contribution in [1.82, 2.24) is 4.98 Å². The summed E-state index contributed by atoms with van der Waals surface area (Å²) in [4.78, 5) is 4.49. The molecule has 0 bridgehead atoms. The molecule has 0 aliphatic heterocycles. The maximum Gasteiger partial charge on any atom is 0.128 e. The van der Waals surface area contributed by atoms with Gasteiger partial charge in [-0.1, -0.05) is 36.4 Å². The standard InChI is InChI=1S/C16H13NO/c1-18-16-9-5-8-15-14(16)10-13(11-17-15)12-6-3-2-4-7-12/h2-11H,1H3. The molecular formula is C16H13NO. The average molecular weight is 235 g/mol. The lowest BCUT2D eigenvalue weighted by Gasteiger charge is -2.07. The van der Waals surface area contributed by atoms with E-state index in [-0.39, 0.29) is 0 Å². The van der Waals surface area contributed by atoms with Crippen LogP contribution in [0.2, 0.25) is 0 Å². The second-order valence-corrected chi connectivity index (χ2v) is 4.12. The summed E-state index contributed by atoms with van der Waals surface area (Å²) in [6.07, 6.45) is 1.90. The lowest BCUT2D eigenvalue weighted by molar-refractivity contribution is 0.420. The van der Waals surface area contributed by atoms with Crippen molar-refractivity contribution in [3.8, 4) is 16.9 Å². The lowest BCUT2D eigenvalue weighted by Crippen LogP contribution is -1.87. The van der Waals surface area contributed by atoms with Gasteiger partial charge in [0.1, 0.15) is 5.75 Å². The number of nitrogens with zero attached hydrogens (tertiary/aromatic N) is 1. The van der Waals surface area contributed by atoms with Crippen LogP contribution in [-0.2, 0) is 0 Å². The fraction of sp³-hybridized carbons (Fsp3) is 0.0625. The van der Waals surface area contributed by atoms with E-state index >= 15 is 0 Å². The average Bonchev–Trinajstić information content (AvgIpc) is 2.47. The smallest absolute Gasteiger partial charge is 0.128 e. The van der Waals surface area contributed by atoms with Crippen molar-refractivity contribution < 1.29 is 4.74 Å². The molecule has 2 heteroatoms. The topological polar surface area (TPSA) is 22.1 Å².